The maximum absolute atomic E-state index is 6.65. The number of benzene rings is 4. The van der Waals surface area contributed by atoms with Crippen molar-refractivity contribution in [3.05, 3.63) is 148 Å². The highest BCUT2D eigenvalue weighted by molar-refractivity contribution is 6.43. The summed E-state index contributed by atoms with van der Waals surface area (Å²) in [5.41, 5.74) is 6.88. The lowest BCUT2D eigenvalue weighted by Crippen LogP contribution is -2.42. The van der Waals surface area contributed by atoms with Crippen molar-refractivity contribution in [3.63, 3.8) is 0 Å². The number of fused-ring (bicyclic) bond motifs is 4. The van der Waals surface area contributed by atoms with E-state index < -0.39 is 0 Å². The largest absolute Gasteiger partial charge is 0.458 e. The minimum absolute atomic E-state index is 0.325. The summed E-state index contributed by atoms with van der Waals surface area (Å²) in [4.78, 5) is 9.90. The molecule has 0 unspecified atom stereocenters. The van der Waals surface area contributed by atoms with Gasteiger partial charge in [-0.2, -0.15) is 10.1 Å². The summed E-state index contributed by atoms with van der Waals surface area (Å²) in [6.45, 7) is 2.70. The summed E-state index contributed by atoms with van der Waals surface area (Å²) < 4.78 is 8.59. The number of halogens is 2. The van der Waals surface area contributed by atoms with Crippen molar-refractivity contribution >= 4 is 46.4 Å². The Hall–Kier alpha value is -4.78. The van der Waals surface area contributed by atoms with Crippen molar-refractivity contribution in [3.8, 4) is 17.0 Å². The molecule has 4 heterocycles. The fourth-order valence-corrected chi connectivity index (χ4v) is 6.46. The Morgan fingerprint density at radius 1 is 0.767 bits per heavy atom. The lowest BCUT2D eigenvalue weighted by atomic mass is 10.0. The zero-order chi connectivity index (χ0) is 29.1. The second-order valence-corrected chi connectivity index (χ2v) is 11.4. The molecule has 1 atom stereocenters. The number of para-hydroxylation sites is 3. The van der Waals surface area contributed by atoms with Crippen LogP contribution < -0.4 is 9.80 Å². The smallest absolute Gasteiger partial charge is 0.213 e. The molecule has 6 nitrogen and oxygen atoms in total. The van der Waals surface area contributed by atoms with Gasteiger partial charge >= 0.3 is 0 Å². The number of hydrogen-bond acceptors (Lipinski definition) is 5. The van der Waals surface area contributed by atoms with E-state index in [4.69, 9.17) is 37.7 Å². The van der Waals surface area contributed by atoms with Crippen molar-refractivity contribution in [2.75, 3.05) is 9.80 Å². The predicted molar refractivity (Wildman–Crippen MR) is 173 cm³/mol. The summed E-state index contributed by atoms with van der Waals surface area (Å²) in [6.07, 6.45) is 0. The molecule has 0 saturated heterocycles. The number of hydrogen-bond donors (Lipinski definition) is 0. The zero-order valence-electron chi connectivity index (χ0n) is 23.2. The normalized spacial score (nSPS) is 15.2. The third-order valence-electron chi connectivity index (χ3n) is 8.01. The van der Waals surface area contributed by atoms with Crippen LogP contribution in [0.2, 0.25) is 10.0 Å². The lowest BCUT2D eigenvalue weighted by molar-refractivity contribution is 0.499. The minimum atomic E-state index is -0.325. The number of aryl methyl sites for hydroxylation is 1. The van der Waals surface area contributed by atoms with E-state index in [1.165, 1.54) is 5.56 Å². The number of aliphatic imine (C=N–C) groups is 1. The van der Waals surface area contributed by atoms with E-state index in [0.29, 0.717) is 22.4 Å². The van der Waals surface area contributed by atoms with Crippen molar-refractivity contribution in [1.82, 2.24) is 9.78 Å². The van der Waals surface area contributed by atoms with Gasteiger partial charge in [-0.05, 0) is 61.0 Å². The fraction of sp³-hybridized carbons (Fsp3) is 0.0857. The molecular weight excluding hydrogens is 577 g/mol. The zero-order valence-corrected chi connectivity index (χ0v) is 24.7. The van der Waals surface area contributed by atoms with Gasteiger partial charge in [-0.1, -0.05) is 89.9 Å². The topological polar surface area (TPSA) is 49.8 Å². The van der Waals surface area contributed by atoms with E-state index in [2.05, 4.69) is 58.3 Å². The highest BCUT2D eigenvalue weighted by Crippen LogP contribution is 2.51. The summed E-state index contributed by atoms with van der Waals surface area (Å²) in [6, 6.07) is 38.2. The Bertz CT molecular complexity index is 2020. The van der Waals surface area contributed by atoms with Crippen molar-refractivity contribution < 1.29 is 4.42 Å². The van der Waals surface area contributed by atoms with Gasteiger partial charge in [-0.15, -0.1) is 0 Å². The van der Waals surface area contributed by atoms with Gasteiger partial charge < -0.3 is 9.32 Å². The quantitative estimate of drug-likeness (QED) is 0.197. The summed E-state index contributed by atoms with van der Waals surface area (Å²) in [7, 11) is 0. The minimum Gasteiger partial charge on any atom is -0.458 e. The van der Waals surface area contributed by atoms with Gasteiger partial charge in [0.15, 0.2) is 5.82 Å². The first-order valence-electron chi connectivity index (χ1n) is 14.1. The van der Waals surface area contributed by atoms with Crippen LogP contribution in [-0.2, 0) is 6.54 Å². The van der Waals surface area contributed by atoms with Crippen molar-refractivity contribution in [2.24, 2.45) is 4.99 Å². The molecule has 0 spiro atoms. The number of nitrogens with zero attached hydrogens (tertiary/aromatic N) is 5. The van der Waals surface area contributed by atoms with Crippen LogP contribution in [0.1, 0.15) is 28.6 Å². The van der Waals surface area contributed by atoms with Gasteiger partial charge in [-0.25, -0.2) is 4.68 Å². The van der Waals surface area contributed by atoms with E-state index in [1.54, 1.807) is 6.07 Å². The number of rotatable bonds is 5. The van der Waals surface area contributed by atoms with Crippen LogP contribution >= 0.6 is 23.2 Å². The number of guanidine groups is 1. The highest BCUT2D eigenvalue weighted by atomic mass is 35.5. The molecule has 8 rings (SSSR count). The number of furan rings is 1. The summed E-state index contributed by atoms with van der Waals surface area (Å²) in [5.74, 6) is 3.00. The maximum atomic E-state index is 6.65. The average molecular weight is 603 g/mol. The number of aromatic nitrogens is 2. The molecule has 43 heavy (non-hydrogen) atoms. The molecule has 2 aromatic heterocycles. The van der Waals surface area contributed by atoms with Crippen molar-refractivity contribution in [1.29, 1.82) is 0 Å². The predicted octanol–water partition coefficient (Wildman–Crippen LogP) is 9.36. The third-order valence-corrected chi connectivity index (χ3v) is 8.82. The molecular formula is C35H25Cl2N5O. The molecule has 6 aromatic rings. The fourth-order valence-electron chi connectivity index (χ4n) is 6.07. The molecule has 8 heteroatoms. The molecule has 2 aliphatic rings. The molecule has 0 aliphatic carbocycles. The number of anilines is 2. The van der Waals surface area contributed by atoms with Crippen LogP contribution in [0.3, 0.4) is 0 Å². The van der Waals surface area contributed by atoms with E-state index in [-0.39, 0.29) is 6.04 Å². The molecule has 0 bridgehead atoms. The average Bonchev–Trinajstić information content (AvgIpc) is 3.74. The van der Waals surface area contributed by atoms with Crippen LogP contribution in [0.5, 0.6) is 0 Å². The Kier molecular flexibility index (Phi) is 6.14. The molecule has 4 aromatic carbocycles. The molecule has 0 amide bonds. The Balaban J connectivity index is 1.35. The summed E-state index contributed by atoms with van der Waals surface area (Å²) >= 11 is 13.0. The standard InChI is InChI=1S/C35H25Cl2N5O/c1-22-31-33(30-20-19-29(43-30)25-15-10-16-26(36)32(25)37)41-28-18-9-8-17-27(28)40(21-23-11-4-2-5-12-23)35(41)38-34(31)42(39-22)24-13-6-3-7-14-24/h2-20,33H,21H2,1H3/t33-/m0/s1. The van der Waals surface area contributed by atoms with Crippen LogP contribution in [-0.4, -0.2) is 15.7 Å². The van der Waals surface area contributed by atoms with Crippen LogP contribution in [0.15, 0.2) is 125 Å². The van der Waals surface area contributed by atoms with E-state index in [1.807, 2.05) is 72.3 Å². The molecule has 210 valence electrons. The Labute approximate surface area is 259 Å². The molecule has 0 radical (unpaired) electrons. The van der Waals surface area contributed by atoms with Crippen LogP contribution in [0, 0.1) is 6.92 Å². The Morgan fingerprint density at radius 3 is 2.28 bits per heavy atom. The monoisotopic (exact) mass is 601 g/mol. The van der Waals surface area contributed by atoms with Crippen LogP contribution in [0.25, 0.3) is 17.0 Å². The second kappa shape index (κ2) is 10.2. The van der Waals surface area contributed by atoms with Gasteiger partial charge in [-0.3, -0.25) is 4.90 Å². The van der Waals surface area contributed by atoms with Gasteiger partial charge in [0.25, 0.3) is 0 Å². The van der Waals surface area contributed by atoms with Crippen LogP contribution in [0.4, 0.5) is 17.2 Å². The first kappa shape index (κ1) is 25.9. The van der Waals surface area contributed by atoms with E-state index in [0.717, 1.165) is 51.4 Å². The second-order valence-electron chi connectivity index (χ2n) is 10.6. The highest BCUT2D eigenvalue weighted by Gasteiger charge is 2.45. The third kappa shape index (κ3) is 4.17. The molecule has 0 N–H and O–H groups in total. The summed E-state index contributed by atoms with van der Waals surface area (Å²) in [5, 5.41) is 5.95. The van der Waals surface area contributed by atoms with E-state index >= 15 is 0 Å². The first-order chi connectivity index (χ1) is 21.1. The molecule has 0 saturated carbocycles. The molecule has 0 fully saturated rings. The van der Waals surface area contributed by atoms with Gasteiger partial charge in [0.05, 0.1) is 44.9 Å². The lowest BCUT2D eigenvalue weighted by Gasteiger charge is -2.33. The first-order valence-corrected chi connectivity index (χ1v) is 14.8. The van der Waals surface area contributed by atoms with Gasteiger partial charge in [0, 0.05) is 5.56 Å². The maximum Gasteiger partial charge on any atom is 0.213 e. The van der Waals surface area contributed by atoms with Gasteiger partial charge in [0.1, 0.15) is 17.6 Å². The Morgan fingerprint density at radius 2 is 1.49 bits per heavy atom. The van der Waals surface area contributed by atoms with Gasteiger partial charge in [0.2, 0.25) is 5.96 Å². The SMILES string of the molecule is Cc1nn(-c2ccccc2)c2c1[C@H](c1ccc(-c3cccc(Cl)c3Cl)o1)N1C(=N2)N(Cc2ccccc2)c2ccccc21. The van der Waals surface area contributed by atoms with Crippen molar-refractivity contribution in [2.45, 2.75) is 19.5 Å². The molecule has 2 aliphatic heterocycles. The van der Waals surface area contributed by atoms with E-state index in [9.17, 15) is 0 Å².